The Labute approximate surface area is 127 Å². The molecular weight excluding hydrogens is 282 g/mol. The van der Waals surface area contributed by atoms with Crippen LogP contribution in [0.1, 0.15) is 13.3 Å². The molecular formula is C16H17N3O3. The molecule has 114 valence electrons. The molecule has 22 heavy (non-hydrogen) atoms. The van der Waals surface area contributed by atoms with Crippen molar-refractivity contribution in [2.45, 2.75) is 19.1 Å². The Morgan fingerprint density at radius 2 is 2.00 bits per heavy atom. The minimum atomic E-state index is -0.507. The largest absolute Gasteiger partial charge is 0.450 e. The van der Waals surface area contributed by atoms with E-state index in [9.17, 15) is 0 Å². The molecule has 1 aliphatic rings. The van der Waals surface area contributed by atoms with Gasteiger partial charge in [0.15, 0.2) is 17.2 Å². The van der Waals surface area contributed by atoms with Gasteiger partial charge < -0.3 is 19.2 Å². The van der Waals surface area contributed by atoms with Crippen molar-refractivity contribution in [3.05, 3.63) is 30.6 Å². The fourth-order valence-corrected chi connectivity index (χ4v) is 2.76. The van der Waals surface area contributed by atoms with Crippen LogP contribution in [0, 0.1) is 0 Å². The molecule has 1 N–H and O–H groups in total. The van der Waals surface area contributed by atoms with Crippen LogP contribution in [-0.4, -0.2) is 35.5 Å². The van der Waals surface area contributed by atoms with Gasteiger partial charge in [0.05, 0.1) is 13.2 Å². The Morgan fingerprint density at radius 3 is 2.86 bits per heavy atom. The maximum atomic E-state index is 5.88. The van der Waals surface area contributed by atoms with E-state index in [1.165, 1.54) is 0 Å². The maximum absolute atomic E-state index is 5.88. The van der Waals surface area contributed by atoms with Crippen molar-refractivity contribution in [2.75, 3.05) is 25.1 Å². The summed E-state index contributed by atoms with van der Waals surface area (Å²) in [5.41, 5.74) is 2.32. The van der Waals surface area contributed by atoms with E-state index >= 15 is 0 Å². The summed E-state index contributed by atoms with van der Waals surface area (Å²) in [6.07, 6.45) is 2.29. The summed E-state index contributed by atoms with van der Waals surface area (Å²) in [5.74, 6) is 0.190. The van der Waals surface area contributed by atoms with Crippen molar-refractivity contribution in [3.8, 4) is 0 Å². The lowest BCUT2D eigenvalue weighted by Crippen LogP contribution is -2.28. The predicted molar refractivity (Wildman–Crippen MR) is 82.7 cm³/mol. The average Bonchev–Trinajstić information content (AvgIpc) is 3.12. The number of hydrogen-bond donors (Lipinski definition) is 1. The molecule has 6 nitrogen and oxygen atoms in total. The second-order valence-corrected chi connectivity index (χ2v) is 5.51. The van der Waals surface area contributed by atoms with E-state index in [0.29, 0.717) is 31.2 Å². The number of furan rings is 1. The minimum absolute atomic E-state index is 0.507. The highest BCUT2D eigenvalue weighted by molar-refractivity contribution is 6.05. The second kappa shape index (κ2) is 5.23. The number of hydrogen-bond acceptors (Lipinski definition) is 6. The van der Waals surface area contributed by atoms with Gasteiger partial charge in [-0.2, -0.15) is 0 Å². The molecule has 4 rings (SSSR count). The number of fused-ring (bicyclic) bond motifs is 3. The van der Waals surface area contributed by atoms with Crippen LogP contribution in [0.3, 0.4) is 0 Å². The Kier molecular flexibility index (Phi) is 3.20. The summed E-state index contributed by atoms with van der Waals surface area (Å²) in [6, 6.07) is 7.85. The topological polar surface area (TPSA) is 69.4 Å². The molecule has 1 aliphatic heterocycles. The van der Waals surface area contributed by atoms with Crippen molar-refractivity contribution < 1.29 is 13.9 Å². The Balaban J connectivity index is 1.59. The van der Waals surface area contributed by atoms with Crippen LogP contribution < -0.4 is 5.32 Å². The smallest absolute Gasteiger partial charge is 0.196 e. The molecule has 0 amide bonds. The summed E-state index contributed by atoms with van der Waals surface area (Å²) >= 11 is 0. The number of aromatic nitrogens is 2. The third-order valence-electron chi connectivity index (χ3n) is 3.93. The Hall–Kier alpha value is -2.18. The lowest BCUT2D eigenvalue weighted by atomic mass is 10.2. The highest BCUT2D eigenvalue weighted by Gasteiger charge is 2.30. The van der Waals surface area contributed by atoms with Crippen molar-refractivity contribution in [3.63, 3.8) is 0 Å². The van der Waals surface area contributed by atoms with Crippen LogP contribution in [0.5, 0.6) is 0 Å². The summed E-state index contributed by atoms with van der Waals surface area (Å²) in [7, 11) is 0. The highest BCUT2D eigenvalue weighted by atomic mass is 16.7. The Bertz CT molecular complexity index is 809. The first-order valence-electron chi connectivity index (χ1n) is 7.39. The number of para-hydroxylation sites is 1. The van der Waals surface area contributed by atoms with E-state index in [1.807, 2.05) is 31.2 Å². The van der Waals surface area contributed by atoms with E-state index in [0.717, 1.165) is 22.9 Å². The van der Waals surface area contributed by atoms with Crippen LogP contribution >= 0.6 is 0 Å². The van der Waals surface area contributed by atoms with E-state index in [4.69, 9.17) is 13.9 Å². The van der Waals surface area contributed by atoms with E-state index in [2.05, 4.69) is 15.3 Å². The fraction of sp³-hybridized carbons (Fsp3) is 0.375. The Morgan fingerprint density at radius 1 is 1.18 bits per heavy atom. The molecule has 1 fully saturated rings. The number of anilines is 1. The third kappa shape index (κ3) is 2.30. The number of ether oxygens (including phenoxy) is 2. The molecule has 3 heterocycles. The lowest BCUT2D eigenvalue weighted by Gasteiger charge is -2.22. The number of nitrogens with one attached hydrogen (secondary N) is 1. The summed E-state index contributed by atoms with van der Waals surface area (Å²) in [5, 5.41) is 4.29. The molecule has 0 radical (unpaired) electrons. The van der Waals surface area contributed by atoms with Crippen molar-refractivity contribution in [2.24, 2.45) is 0 Å². The summed E-state index contributed by atoms with van der Waals surface area (Å²) in [6.45, 7) is 3.94. The number of benzene rings is 1. The number of rotatable bonds is 4. The molecule has 0 saturated carbocycles. The van der Waals surface area contributed by atoms with Crippen LogP contribution in [0.25, 0.3) is 22.1 Å². The molecule has 6 heteroatoms. The summed E-state index contributed by atoms with van der Waals surface area (Å²) < 4.78 is 17.1. The zero-order valence-corrected chi connectivity index (χ0v) is 12.3. The fourth-order valence-electron chi connectivity index (χ4n) is 2.76. The van der Waals surface area contributed by atoms with Gasteiger partial charge in [-0.25, -0.2) is 9.97 Å². The van der Waals surface area contributed by atoms with Gasteiger partial charge in [0.25, 0.3) is 0 Å². The molecule has 0 spiro atoms. The molecule has 0 unspecified atom stereocenters. The molecule has 2 aromatic heterocycles. The molecule has 3 aromatic rings. The van der Waals surface area contributed by atoms with Crippen molar-refractivity contribution in [1.29, 1.82) is 0 Å². The first-order chi connectivity index (χ1) is 10.8. The predicted octanol–water partition coefficient (Wildman–Crippen LogP) is 2.94. The quantitative estimate of drug-likeness (QED) is 0.798. The summed E-state index contributed by atoms with van der Waals surface area (Å²) in [4.78, 5) is 8.63. The SMILES string of the molecule is CC1(CCNc2ncnc3c2oc2ccccc23)OCCO1. The second-order valence-electron chi connectivity index (χ2n) is 5.51. The molecule has 1 saturated heterocycles. The van der Waals surface area contributed by atoms with Gasteiger partial charge in [-0.05, 0) is 19.1 Å². The molecule has 1 aromatic carbocycles. The highest BCUT2D eigenvalue weighted by Crippen LogP contribution is 2.30. The van der Waals surface area contributed by atoms with E-state index < -0.39 is 5.79 Å². The van der Waals surface area contributed by atoms with Crippen molar-refractivity contribution in [1.82, 2.24) is 9.97 Å². The van der Waals surface area contributed by atoms with Crippen LogP contribution in [0.15, 0.2) is 35.0 Å². The van der Waals surface area contributed by atoms with Gasteiger partial charge in [0, 0.05) is 18.4 Å². The third-order valence-corrected chi connectivity index (χ3v) is 3.93. The number of nitrogens with zero attached hydrogens (tertiary/aromatic N) is 2. The van der Waals surface area contributed by atoms with Gasteiger partial charge in [-0.1, -0.05) is 12.1 Å². The molecule has 0 aliphatic carbocycles. The van der Waals surface area contributed by atoms with Crippen molar-refractivity contribution >= 4 is 27.9 Å². The molecule has 0 atom stereocenters. The van der Waals surface area contributed by atoms with E-state index in [1.54, 1.807) is 6.33 Å². The first kappa shape index (κ1) is 13.5. The van der Waals surface area contributed by atoms with Gasteiger partial charge in [-0.15, -0.1) is 0 Å². The van der Waals surface area contributed by atoms with Crippen LogP contribution in [-0.2, 0) is 9.47 Å². The lowest BCUT2D eigenvalue weighted by molar-refractivity contribution is -0.144. The normalized spacial score (nSPS) is 17.3. The van der Waals surface area contributed by atoms with Gasteiger partial charge in [0.1, 0.15) is 17.4 Å². The van der Waals surface area contributed by atoms with E-state index in [-0.39, 0.29) is 0 Å². The zero-order valence-electron chi connectivity index (χ0n) is 12.3. The standard InChI is InChI=1S/C16H17N3O3/c1-16(20-8-9-21-16)6-7-17-15-14-13(18-10-19-15)11-4-2-3-5-12(11)22-14/h2-5,10H,6-9H2,1H3,(H,17,18,19). The van der Waals surface area contributed by atoms with Gasteiger partial charge in [0.2, 0.25) is 0 Å². The maximum Gasteiger partial charge on any atom is 0.196 e. The van der Waals surface area contributed by atoms with Gasteiger partial charge >= 0.3 is 0 Å². The van der Waals surface area contributed by atoms with Crippen LogP contribution in [0.4, 0.5) is 5.82 Å². The minimum Gasteiger partial charge on any atom is -0.450 e. The van der Waals surface area contributed by atoms with Crippen LogP contribution in [0.2, 0.25) is 0 Å². The molecule has 0 bridgehead atoms. The van der Waals surface area contributed by atoms with Gasteiger partial charge in [-0.3, -0.25) is 0 Å². The monoisotopic (exact) mass is 299 g/mol. The zero-order chi connectivity index (χ0) is 15.0. The first-order valence-corrected chi connectivity index (χ1v) is 7.39. The average molecular weight is 299 g/mol.